The Hall–Kier alpha value is 0.127. The Morgan fingerprint density at radius 1 is 1.33 bits per heavy atom. The molecule has 0 saturated carbocycles. The predicted octanol–water partition coefficient (Wildman–Crippen LogP) is 4.35. The molecule has 15 heavy (non-hydrogen) atoms. The first kappa shape index (κ1) is 11.6. The van der Waals surface area contributed by atoms with Crippen LogP contribution in [0.1, 0.15) is 24.5 Å². The molecular formula is C12H17IOSi. The molecule has 1 fully saturated rings. The molecule has 0 spiro atoms. The highest BCUT2D eigenvalue weighted by Crippen LogP contribution is 2.36. The van der Waals surface area contributed by atoms with E-state index in [-0.39, 0.29) is 0 Å². The van der Waals surface area contributed by atoms with Crippen molar-refractivity contribution >= 4 is 30.9 Å². The second kappa shape index (κ2) is 4.55. The van der Waals surface area contributed by atoms with Gasteiger partial charge in [-0.05, 0) is 59.8 Å². The zero-order valence-electron chi connectivity index (χ0n) is 9.29. The largest absolute Gasteiger partial charge is 0.410 e. The number of hydrogen-bond acceptors (Lipinski definition) is 1. The first-order valence-electron chi connectivity index (χ1n) is 5.51. The Morgan fingerprint density at radius 2 is 2.07 bits per heavy atom. The molecule has 82 valence electrons. The smallest absolute Gasteiger partial charge is 0.187 e. The van der Waals surface area contributed by atoms with Gasteiger partial charge in [0, 0.05) is 3.57 Å². The van der Waals surface area contributed by atoms with Gasteiger partial charge in [-0.3, -0.25) is 0 Å². The third-order valence-corrected chi connectivity index (χ3v) is 6.42. The maximum atomic E-state index is 6.27. The predicted molar refractivity (Wildman–Crippen MR) is 74.5 cm³/mol. The van der Waals surface area contributed by atoms with Crippen LogP contribution in [-0.4, -0.2) is 8.32 Å². The van der Waals surface area contributed by atoms with Crippen LogP contribution in [-0.2, 0) is 4.43 Å². The summed E-state index contributed by atoms with van der Waals surface area (Å²) in [4.78, 5) is 0. The topological polar surface area (TPSA) is 9.23 Å². The maximum absolute atomic E-state index is 6.27. The third-order valence-electron chi connectivity index (χ3n) is 2.96. The zero-order chi connectivity index (χ0) is 10.9. The van der Waals surface area contributed by atoms with Crippen LogP contribution in [0.25, 0.3) is 0 Å². The molecule has 1 nitrogen and oxygen atoms in total. The van der Waals surface area contributed by atoms with E-state index in [0.717, 1.165) is 0 Å². The van der Waals surface area contributed by atoms with Gasteiger partial charge in [0.1, 0.15) is 0 Å². The molecule has 3 heteroatoms. The summed E-state index contributed by atoms with van der Waals surface area (Å²) >= 11 is 2.41. The molecule has 2 rings (SSSR count). The van der Waals surface area contributed by atoms with Gasteiger partial charge in [-0.2, -0.15) is 0 Å². The molecule has 0 aliphatic carbocycles. The minimum absolute atomic E-state index is 0.355. The lowest BCUT2D eigenvalue weighted by Crippen LogP contribution is -2.35. The second-order valence-corrected chi connectivity index (χ2v) is 10.2. The SMILES string of the molecule is C[Si]1(C)CCCC(c2ccccc2I)O1. The molecule has 1 aromatic rings. The van der Waals surface area contributed by atoms with Crippen molar-refractivity contribution < 1.29 is 4.43 Å². The summed E-state index contributed by atoms with van der Waals surface area (Å²) in [5.74, 6) is 0. The lowest BCUT2D eigenvalue weighted by Gasteiger charge is -2.35. The van der Waals surface area contributed by atoms with Gasteiger partial charge in [-0.1, -0.05) is 24.6 Å². The Bertz CT molecular complexity index is 351. The Labute approximate surface area is 106 Å². The van der Waals surface area contributed by atoms with Gasteiger partial charge >= 0.3 is 0 Å². The van der Waals surface area contributed by atoms with Crippen LogP contribution < -0.4 is 0 Å². The Morgan fingerprint density at radius 3 is 2.73 bits per heavy atom. The fraction of sp³-hybridized carbons (Fsp3) is 0.500. The van der Waals surface area contributed by atoms with Gasteiger partial charge in [0.25, 0.3) is 0 Å². The highest BCUT2D eigenvalue weighted by Gasteiger charge is 2.32. The van der Waals surface area contributed by atoms with Gasteiger partial charge in [0.2, 0.25) is 0 Å². The van der Waals surface area contributed by atoms with Crippen LogP contribution in [0.3, 0.4) is 0 Å². The molecule has 1 aliphatic heterocycles. The maximum Gasteiger partial charge on any atom is 0.187 e. The molecule has 0 aromatic heterocycles. The summed E-state index contributed by atoms with van der Waals surface area (Å²) in [6, 6.07) is 9.90. The third kappa shape index (κ3) is 2.82. The average Bonchev–Trinajstić information content (AvgIpc) is 2.17. The van der Waals surface area contributed by atoms with Crippen LogP contribution in [0.4, 0.5) is 0 Å². The van der Waals surface area contributed by atoms with E-state index in [0.29, 0.717) is 6.10 Å². The normalized spacial score (nSPS) is 25.1. The van der Waals surface area contributed by atoms with E-state index in [9.17, 15) is 0 Å². The van der Waals surface area contributed by atoms with Crippen LogP contribution in [0.15, 0.2) is 24.3 Å². The van der Waals surface area contributed by atoms with Crippen molar-refractivity contribution in [3.8, 4) is 0 Å². The van der Waals surface area contributed by atoms with Gasteiger partial charge in [-0.15, -0.1) is 0 Å². The zero-order valence-corrected chi connectivity index (χ0v) is 12.5. The van der Waals surface area contributed by atoms with Gasteiger partial charge in [0.15, 0.2) is 8.32 Å². The molecule has 1 saturated heterocycles. The van der Waals surface area contributed by atoms with Crippen molar-refractivity contribution in [2.75, 3.05) is 0 Å². The summed E-state index contributed by atoms with van der Waals surface area (Å²) in [7, 11) is -1.36. The summed E-state index contributed by atoms with van der Waals surface area (Å²) in [6.45, 7) is 4.66. The second-order valence-electron chi connectivity index (χ2n) is 4.78. The number of rotatable bonds is 1. The van der Waals surface area contributed by atoms with Crippen molar-refractivity contribution in [3.63, 3.8) is 0 Å². The summed E-state index contributed by atoms with van der Waals surface area (Å²) in [6.07, 6.45) is 2.87. The lowest BCUT2D eigenvalue weighted by atomic mass is 10.1. The van der Waals surface area contributed by atoms with E-state index in [4.69, 9.17) is 4.43 Å². The van der Waals surface area contributed by atoms with Crippen LogP contribution in [0.2, 0.25) is 19.1 Å². The minimum Gasteiger partial charge on any atom is -0.410 e. The molecule has 1 atom stereocenters. The standard InChI is InChI=1S/C12H17IOSi/c1-15(2)9-5-8-12(14-15)10-6-3-4-7-11(10)13/h3-4,6-7,12H,5,8-9H2,1-2H3. The molecule has 1 heterocycles. The van der Waals surface area contributed by atoms with Crippen LogP contribution in [0.5, 0.6) is 0 Å². The lowest BCUT2D eigenvalue weighted by molar-refractivity contribution is 0.162. The van der Waals surface area contributed by atoms with Gasteiger partial charge in [0.05, 0.1) is 6.10 Å². The van der Waals surface area contributed by atoms with Gasteiger partial charge < -0.3 is 4.43 Å². The van der Waals surface area contributed by atoms with Crippen molar-refractivity contribution in [2.45, 2.75) is 38.1 Å². The fourth-order valence-corrected chi connectivity index (χ4v) is 5.09. The molecular weight excluding hydrogens is 315 g/mol. The molecule has 1 unspecified atom stereocenters. The fourth-order valence-electron chi connectivity index (χ4n) is 2.17. The van der Waals surface area contributed by atoms with Crippen molar-refractivity contribution in [2.24, 2.45) is 0 Å². The first-order chi connectivity index (χ1) is 7.08. The van der Waals surface area contributed by atoms with E-state index < -0.39 is 8.32 Å². The van der Waals surface area contributed by atoms with E-state index >= 15 is 0 Å². The van der Waals surface area contributed by atoms with E-state index in [1.54, 1.807) is 0 Å². The van der Waals surface area contributed by atoms with E-state index in [1.807, 2.05) is 0 Å². The quantitative estimate of drug-likeness (QED) is 0.549. The van der Waals surface area contributed by atoms with Gasteiger partial charge in [-0.25, -0.2) is 0 Å². The summed E-state index contributed by atoms with van der Waals surface area (Å²) in [5.41, 5.74) is 1.39. The van der Waals surface area contributed by atoms with Crippen molar-refractivity contribution in [3.05, 3.63) is 33.4 Å². The molecule has 1 aliphatic rings. The molecule has 0 radical (unpaired) electrons. The van der Waals surface area contributed by atoms with E-state index in [1.165, 1.54) is 28.0 Å². The highest BCUT2D eigenvalue weighted by atomic mass is 127. The highest BCUT2D eigenvalue weighted by molar-refractivity contribution is 14.1. The molecule has 1 aromatic carbocycles. The first-order valence-corrected chi connectivity index (χ1v) is 9.70. The molecule has 0 bridgehead atoms. The van der Waals surface area contributed by atoms with Crippen LogP contribution in [0, 0.1) is 3.57 Å². The van der Waals surface area contributed by atoms with Crippen LogP contribution >= 0.6 is 22.6 Å². The van der Waals surface area contributed by atoms with Crippen molar-refractivity contribution in [1.29, 1.82) is 0 Å². The summed E-state index contributed by atoms with van der Waals surface area (Å²) in [5, 5.41) is 0. The van der Waals surface area contributed by atoms with E-state index in [2.05, 4.69) is 60.0 Å². The Balaban J connectivity index is 2.21. The number of benzene rings is 1. The monoisotopic (exact) mass is 332 g/mol. The minimum atomic E-state index is -1.36. The Kier molecular flexibility index (Phi) is 3.52. The molecule has 0 amide bonds. The number of halogens is 1. The average molecular weight is 332 g/mol. The van der Waals surface area contributed by atoms with Crippen molar-refractivity contribution in [1.82, 2.24) is 0 Å². The number of hydrogen-bond donors (Lipinski definition) is 0. The summed E-state index contributed by atoms with van der Waals surface area (Å²) < 4.78 is 7.61. The molecule has 0 N–H and O–H groups in total.